The second-order valence-electron chi connectivity index (χ2n) is 4.06. The summed E-state index contributed by atoms with van der Waals surface area (Å²) in [5, 5.41) is 8.33. The van der Waals surface area contributed by atoms with Gasteiger partial charge in [-0.3, -0.25) is 4.79 Å². The van der Waals surface area contributed by atoms with E-state index in [2.05, 4.69) is 30.9 Å². The molecule has 1 aromatic heterocycles. The third-order valence-corrected chi connectivity index (χ3v) is 2.31. The highest BCUT2D eigenvalue weighted by Crippen LogP contribution is 2.10. The van der Waals surface area contributed by atoms with Gasteiger partial charge in [0.05, 0.1) is 19.8 Å². The Labute approximate surface area is 123 Å². The molecule has 0 radical (unpaired) electrons. The molecule has 118 valence electrons. The van der Waals surface area contributed by atoms with Crippen molar-refractivity contribution in [2.24, 2.45) is 0 Å². The number of hydrogen-bond donors (Lipinski definition) is 3. The van der Waals surface area contributed by atoms with Gasteiger partial charge in [0.2, 0.25) is 17.8 Å². The summed E-state index contributed by atoms with van der Waals surface area (Å²) in [4.78, 5) is 23.8. The number of methoxy groups -OCH3 is 1. The summed E-state index contributed by atoms with van der Waals surface area (Å²) in [6, 6.07) is 0.221. The summed E-state index contributed by atoms with van der Waals surface area (Å²) < 4.78 is 10.2. The monoisotopic (exact) mass is 298 g/mol. The SMILES string of the molecule is CCCOc1nc(NC)nc(NCC(=O)NCCOC)n1. The Morgan fingerprint density at radius 1 is 1.19 bits per heavy atom. The van der Waals surface area contributed by atoms with Crippen LogP contribution in [0.3, 0.4) is 0 Å². The van der Waals surface area contributed by atoms with Crippen molar-refractivity contribution in [3.05, 3.63) is 0 Å². The van der Waals surface area contributed by atoms with Crippen LogP contribution in [0.15, 0.2) is 0 Å². The molecular weight excluding hydrogens is 276 g/mol. The summed E-state index contributed by atoms with van der Waals surface area (Å²) in [7, 11) is 3.27. The third kappa shape index (κ3) is 6.70. The minimum atomic E-state index is -0.172. The van der Waals surface area contributed by atoms with Crippen LogP contribution >= 0.6 is 0 Å². The third-order valence-electron chi connectivity index (χ3n) is 2.31. The smallest absolute Gasteiger partial charge is 0.323 e. The predicted molar refractivity (Wildman–Crippen MR) is 78.5 cm³/mol. The van der Waals surface area contributed by atoms with Gasteiger partial charge in [0, 0.05) is 20.7 Å². The maximum atomic E-state index is 11.6. The molecule has 1 aromatic rings. The molecule has 0 spiro atoms. The standard InChI is InChI=1S/C12H22N6O3/c1-4-6-21-12-17-10(13-2)16-11(18-12)15-8-9(19)14-5-7-20-3/h4-8H2,1-3H3,(H,14,19)(H2,13,15,16,17,18). The van der Waals surface area contributed by atoms with Crippen LogP contribution in [0.2, 0.25) is 0 Å². The molecule has 0 aliphatic heterocycles. The number of nitrogens with one attached hydrogen (secondary N) is 3. The van der Waals surface area contributed by atoms with E-state index in [4.69, 9.17) is 9.47 Å². The van der Waals surface area contributed by atoms with E-state index in [0.717, 1.165) is 6.42 Å². The number of nitrogens with zero attached hydrogens (tertiary/aromatic N) is 3. The second kappa shape index (κ2) is 9.70. The van der Waals surface area contributed by atoms with Gasteiger partial charge >= 0.3 is 6.01 Å². The zero-order chi connectivity index (χ0) is 15.5. The molecule has 9 nitrogen and oxygen atoms in total. The van der Waals surface area contributed by atoms with E-state index in [1.54, 1.807) is 14.2 Å². The van der Waals surface area contributed by atoms with E-state index in [9.17, 15) is 4.79 Å². The number of aromatic nitrogens is 3. The van der Waals surface area contributed by atoms with Gasteiger partial charge in [-0.1, -0.05) is 6.92 Å². The topological polar surface area (TPSA) is 110 Å². The number of rotatable bonds is 10. The molecule has 1 heterocycles. The number of anilines is 2. The van der Waals surface area contributed by atoms with E-state index in [-0.39, 0.29) is 24.4 Å². The van der Waals surface area contributed by atoms with Crippen LogP contribution in [-0.4, -0.2) is 61.3 Å². The fourth-order valence-corrected chi connectivity index (χ4v) is 1.32. The van der Waals surface area contributed by atoms with Crippen molar-refractivity contribution in [2.45, 2.75) is 13.3 Å². The zero-order valence-electron chi connectivity index (χ0n) is 12.6. The van der Waals surface area contributed by atoms with Crippen LogP contribution < -0.4 is 20.7 Å². The van der Waals surface area contributed by atoms with Gasteiger partial charge in [0.1, 0.15) is 0 Å². The number of ether oxygens (including phenoxy) is 2. The molecule has 0 aliphatic rings. The molecule has 3 N–H and O–H groups in total. The summed E-state index contributed by atoms with van der Waals surface area (Å²) in [5.41, 5.74) is 0. The molecule has 1 amide bonds. The summed E-state index contributed by atoms with van der Waals surface area (Å²) in [6.45, 7) is 3.50. The second-order valence-corrected chi connectivity index (χ2v) is 4.06. The fraction of sp³-hybridized carbons (Fsp3) is 0.667. The van der Waals surface area contributed by atoms with Crippen molar-refractivity contribution in [1.29, 1.82) is 0 Å². The van der Waals surface area contributed by atoms with Crippen LogP contribution in [0.5, 0.6) is 6.01 Å². The fourth-order valence-electron chi connectivity index (χ4n) is 1.32. The maximum Gasteiger partial charge on any atom is 0.323 e. The quantitative estimate of drug-likeness (QED) is 0.513. The molecule has 21 heavy (non-hydrogen) atoms. The lowest BCUT2D eigenvalue weighted by atomic mass is 10.5. The first-order valence-corrected chi connectivity index (χ1v) is 6.75. The first-order chi connectivity index (χ1) is 10.2. The first-order valence-electron chi connectivity index (χ1n) is 6.75. The molecule has 9 heteroatoms. The minimum Gasteiger partial charge on any atom is -0.463 e. The van der Waals surface area contributed by atoms with Crippen molar-refractivity contribution in [3.8, 4) is 6.01 Å². The molecule has 1 rings (SSSR count). The number of amides is 1. The van der Waals surface area contributed by atoms with Gasteiger partial charge in [-0.05, 0) is 6.42 Å². The van der Waals surface area contributed by atoms with Crippen LogP contribution in [0.25, 0.3) is 0 Å². The normalized spacial score (nSPS) is 10.0. The van der Waals surface area contributed by atoms with E-state index >= 15 is 0 Å². The molecule has 0 atom stereocenters. The summed E-state index contributed by atoms with van der Waals surface area (Å²) in [6.07, 6.45) is 0.852. The Bertz CT molecular complexity index is 443. The molecular formula is C12H22N6O3. The Morgan fingerprint density at radius 2 is 1.95 bits per heavy atom. The zero-order valence-corrected chi connectivity index (χ0v) is 12.6. The highest BCUT2D eigenvalue weighted by molar-refractivity contribution is 5.80. The predicted octanol–water partition coefficient (Wildman–Crippen LogP) is -0.123. The Kier molecular flexibility index (Phi) is 7.80. The van der Waals surface area contributed by atoms with Crippen molar-refractivity contribution in [1.82, 2.24) is 20.3 Å². The van der Waals surface area contributed by atoms with E-state index < -0.39 is 0 Å². The van der Waals surface area contributed by atoms with E-state index in [0.29, 0.717) is 25.7 Å². The average molecular weight is 298 g/mol. The lowest BCUT2D eigenvalue weighted by Gasteiger charge is -2.09. The molecule has 0 bridgehead atoms. The summed E-state index contributed by atoms with van der Waals surface area (Å²) >= 11 is 0. The average Bonchev–Trinajstić information content (AvgIpc) is 2.51. The van der Waals surface area contributed by atoms with Crippen molar-refractivity contribution < 1.29 is 14.3 Å². The van der Waals surface area contributed by atoms with Gasteiger partial charge < -0.3 is 25.4 Å². The molecule has 0 aromatic carbocycles. The lowest BCUT2D eigenvalue weighted by Crippen LogP contribution is -2.32. The largest absolute Gasteiger partial charge is 0.463 e. The molecule has 0 fully saturated rings. The minimum absolute atomic E-state index is 0.0596. The van der Waals surface area contributed by atoms with Crippen LogP contribution in [-0.2, 0) is 9.53 Å². The van der Waals surface area contributed by atoms with Crippen LogP contribution in [0, 0.1) is 0 Å². The van der Waals surface area contributed by atoms with E-state index in [1.807, 2.05) is 6.92 Å². The number of carbonyl (C=O) groups excluding carboxylic acids is 1. The first kappa shape index (κ1) is 16.9. The highest BCUT2D eigenvalue weighted by Gasteiger charge is 2.08. The number of carbonyl (C=O) groups is 1. The molecule has 0 saturated heterocycles. The van der Waals surface area contributed by atoms with Crippen LogP contribution in [0.1, 0.15) is 13.3 Å². The number of hydrogen-bond acceptors (Lipinski definition) is 8. The van der Waals surface area contributed by atoms with E-state index in [1.165, 1.54) is 0 Å². The Morgan fingerprint density at radius 3 is 2.62 bits per heavy atom. The highest BCUT2D eigenvalue weighted by atomic mass is 16.5. The van der Waals surface area contributed by atoms with Crippen molar-refractivity contribution in [3.63, 3.8) is 0 Å². The van der Waals surface area contributed by atoms with Crippen molar-refractivity contribution >= 4 is 17.8 Å². The summed E-state index contributed by atoms with van der Waals surface area (Å²) in [5.74, 6) is 0.482. The lowest BCUT2D eigenvalue weighted by molar-refractivity contribution is -0.119. The van der Waals surface area contributed by atoms with Crippen molar-refractivity contribution in [2.75, 3.05) is 51.1 Å². The molecule has 0 saturated carbocycles. The molecule has 0 unspecified atom stereocenters. The Hall–Kier alpha value is -2.16. The maximum absolute atomic E-state index is 11.6. The van der Waals surface area contributed by atoms with Gasteiger partial charge in [-0.15, -0.1) is 0 Å². The van der Waals surface area contributed by atoms with Gasteiger partial charge in [-0.25, -0.2) is 0 Å². The molecule has 0 aliphatic carbocycles. The van der Waals surface area contributed by atoms with Gasteiger partial charge in [-0.2, -0.15) is 15.0 Å². The van der Waals surface area contributed by atoms with Gasteiger partial charge in [0.25, 0.3) is 0 Å². The van der Waals surface area contributed by atoms with Gasteiger partial charge in [0.15, 0.2) is 0 Å². The van der Waals surface area contributed by atoms with Crippen LogP contribution in [0.4, 0.5) is 11.9 Å². The Balaban J connectivity index is 2.54.